The van der Waals surface area contributed by atoms with E-state index in [0.29, 0.717) is 26.2 Å². The van der Waals surface area contributed by atoms with Crippen LogP contribution < -0.4 is 5.32 Å². The number of carbonyl (C=O) groups is 3. The van der Waals surface area contributed by atoms with E-state index in [9.17, 15) is 14.4 Å². The van der Waals surface area contributed by atoms with Crippen LogP contribution in [0.5, 0.6) is 0 Å². The van der Waals surface area contributed by atoms with Gasteiger partial charge in [-0.05, 0) is 35.9 Å². The second-order valence-electron chi connectivity index (χ2n) is 7.67. The standard InChI is InChI=1S/C26H25N3O4S/c30-24(28-15-17-29(18-16-28)26(32)27-21-9-5-2-6-10-21)19-33-25(31)14-12-22-11-13-23(34-22)20-7-3-1-4-8-20/h1-14H,15-19H2,(H,27,32)/b14-12+. The molecule has 0 unspecified atom stereocenters. The van der Waals surface area contributed by atoms with Gasteiger partial charge in [0.1, 0.15) is 0 Å². The second kappa shape index (κ2) is 11.3. The number of esters is 1. The van der Waals surface area contributed by atoms with Crippen LogP contribution in [0.25, 0.3) is 16.5 Å². The maximum Gasteiger partial charge on any atom is 0.331 e. The van der Waals surface area contributed by atoms with Gasteiger partial charge in [0.2, 0.25) is 0 Å². The fraction of sp³-hybridized carbons (Fsp3) is 0.192. The van der Waals surface area contributed by atoms with E-state index in [4.69, 9.17) is 4.74 Å². The zero-order chi connectivity index (χ0) is 23.8. The Morgan fingerprint density at radius 3 is 2.21 bits per heavy atom. The molecule has 34 heavy (non-hydrogen) atoms. The smallest absolute Gasteiger partial charge is 0.331 e. The molecule has 1 aliphatic heterocycles. The molecule has 0 radical (unpaired) electrons. The van der Waals surface area contributed by atoms with Gasteiger partial charge in [0.15, 0.2) is 6.61 Å². The Morgan fingerprint density at radius 1 is 0.853 bits per heavy atom. The largest absolute Gasteiger partial charge is 0.452 e. The lowest BCUT2D eigenvalue weighted by atomic mass is 10.2. The van der Waals surface area contributed by atoms with E-state index in [1.165, 1.54) is 6.08 Å². The van der Waals surface area contributed by atoms with Crippen LogP contribution in [0.15, 0.2) is 78.9 Å². The summed E-state index contributed by atoms with van der Waals surface area (Å²) in [6.07, 6.45) is 3.02. The lowest BCUT2D eigenvalue weighted by Crippen LogP contribution is -2.52. The van der Waals surface area contributed by atoms with Gasteiger partial charge in [-0.3, -0.25) is 4.79 Å². The van der Waals surface area contributed by atoms with Crippen molar-refractivity contribution in [2.75, 3.05) is 38.1 Å². The highest BCUT2D eigenvalue weighted by Crippen LogP contribution is 2.28. The van der Waals surface area contributed by atoms with Crippen molar-refractivity contribution in [3.05, 3.63) is 83.7 Å². The van der Waals surface area contributed by atoms with Crippen molar-refractivity contribution in [2.45, 2.75) is 0 Å². The van der Waals surface area contributed by atoms with Gasteiger partial charge in [-0.15, -0.1) is 11.3 Å². The van der Waals surface area contributed by atoms with E-state index in [1.807, 2.05) is 72.8 Å². The molecule has 8 heteroatoms. The molecule has 2 aromatic carbocycles. The summed E-state index contributed by atoms with van der Waals surface area (Å²) in [4.78, 5) is 42.1. The molecular weight excluding hydrogens is 450 g/mol. The third-order valence-electron chi connectivity index (χ3n) is 5.35. The fourth-order valence-corrected chi connectivity index (χ4v) is 4.42. The first-order chi connectivity index (χ1) is 16.6. The Kier molecular flexibility index (Phi) is 7.72. The molecule has 1 N–H and O–H groups in total. The third kappa shape index (κ3) is 6.32. The van der Waals surface area contributed by atoms with Gasteiger partial charge in [-0.2, -0.15) is 0 Å². The summed E-state index contributed by atoms with van der Waals surface area (Å²) in [5.74, 6) is -0.837. The minimum absolute atomic E-state index is 0.195. The highest BCUT2D eigenvalue weighted by molar-refractivity contribution is 7.16. The van der Waals surface area contributed by atoms with Gasteiger partial charge in [-0.1, -0.05) is 48.5 Å². The first-order valence-electron chi connectivity index (χ1n) is 11.0. The van der Waals surface area contributed by atoms with Gasteiger partial charge >= 0.3 is 12.0 Å². The van der Waals surface area contributed by atoms with Crippen molar-refractivity contribution in [1.82, 2.24) is 9.80 Å². The van der Waals surface area contributed by atoms with Gasteiger partial charge < -0.3 is 19.9 Å². The second-order valence-corrected chi connectivity index (χ2v) is 8.79. The number of nitrogens with one attached hydrogen (secondary N) is 1. The molecule has 1 saturated heterocycles. The van der Waals surface area contributed by atoms with Crippen LogP contribution in [0.4, 0.5) is 10.5 Å². The summed E-state index contributed by atoms with van der Waals surface area (Å²) >= 11 is 1.57. The monoisotopic (exact) mass is 475 g/mol. The van der Waals surface area contributed by atoms with Crippen LogP contribution in [-0.2, 0) is 14.3 Å². The Balaban J connectivity index is 1.19. The Bertz CT molecular complexity index is 1150. The number of urea groups is 1. The van der Waals surface area contributed by atoms with E-state index in [0.717, 1.165) is 21.0 Å². The predicted molar refractivity (Wildman–Crippen MR) is 133 cm³/mol. The van der Waals surface area contributed by atoms with Gasteiger partial charge in [0.25, 0.3) is 5.91 Å². The molecule has 1 fully saturated rings. The van der Waals surface area contributed by atoms with E-state index in [1.54, 1.807) is 27.2 Å². The highest BCUT2D eigenvalue weighted by atomic mass is 32.1. The van der Waals surface area contributed by atoms with Crippen molar-refractivity contribution < 1.29 is 19.1 Å². The van der Waals surface area contributed by atoms with E-state index >= 15 is 0 Å². The van der Waals surface area contributed by atoms with Crippen molar-refractivity contribution in [2.24, 2.45) is 0 Å². The molecule has 1 aliphatic rings. The number of hydrogen-bond acceptors (Lipinski definition) is 5. The SMILES string of the molecule is O=C(/C=C/c1ccc(-c2ccccc2)s1)OCC(=O)N1CCN(C(=O)Nc2ccccc2)CC1. The molecule has 3 amide bonds. The fourth-order valence-electron chi connectivity index (χ4n) is 3.51. The number of ether oxygens (including phenoxy) is 1. The maximum absolute atomic E-state index is 12.4. The van der Waals surface area contributed by atoms with Crippen LogP contribution >= 0.6 is 11.3 Å². The van der Waals surface area contributed by atoms with Crippen LogP contribution in [0.1, 0.15) is 4.88 Å². The zero-order valence-corrected chi connectivity index (χ0v) is 19.4. The zero-order valence-electron chi connectivity index (χ0n) is 18.6. The summed E-state index contributed by atoms with van der Waals surface area (Å²) in [7, 11) is 0. The van der Waals surface area contributed by atoms with E-state index in [2.05, 4.69) is 5.32 Å². The Labute approximate surface area is 202 Å². The number of para-hydroxylation sites is 1. The summed E-state index contributed by atoms with van der Waals surface area (Å²) < 4.78 is 5.12. The number of thiophene rings is 1. The molecule has 1 aromatic heterocycles. The van der Waals surface area contributed by atoms with Crippen LogP contribution in [0, 0.1) is 0 Å². The van der Waals surface area contributed by atoms with Gasteiger partial charge in [0.05, 0.1) is 0 Å². The van der Waals surface area contributed by atoms with Crippen molar-refractivity contribution in [3.63, 3.8) is 0 Å². The molecule has 4 rings (SSSR count). The molecule has 174 valence electrons. The summed E-state index contributed by atoms with van der Waals surface area (Å²) in [5.41, 5.74) is 1.85. The minimum atomic E-state index is -0.566. The average molecular weight is 476 g/mol. The predicted octanol–water partition coefficient (Wildman–Crippen LogP) is 4.35. The molecule has 0 bridgehead atoms. The Morgan fingerprint density at radius 2 is 1.50 bits per heavy atom. The molecule has 2 heterocycles. The number of benzene rings is 2. The maximum atomic E-state index is 12.4. The quantitative estimate of drug-likeness (QED) is 0.425. The van der Waals surface area contributed by atoms with Crippen LogP contribution in [0.3, 0.4) is 0 Å². The Hall–Kier alpha value is -3.91. The molecule has 0 saturated carbocycles. The summed E-state index contributed by atoms with van der Waals surface area (Å²) in [6.45, 7) is 1.30. The topological polar surface area (TPSA) is 79.0 Å². The number of rotatable bonds is 6. The van der Waals surface area contributed by atoms with Crippen molar-refractivity contribution in [1.29, 1.82) is 0 Å². The third-order valence-corrected chi connectivity index (χ3v) is 6.45. The number of nitrogens with zero attached hydrogens (tertiary/aromatic N) is 2. The highest BCUT2D eigenvalue weighted by Gasteiger charge is 2.24. The summed E-state index contributed by atoms with van der Waals surface area (Å²) in [6, 6.07) is 23.0. The number of anilines is 1. The molecule has 0 spiro atoms. The first kappa shape index (κ1) is 23.3. The lowest BCUT2D eigenvalue weighted by molar-refractivity contribution is -0.148. The van der Waals surface area contributed by atoms with Crippen LogP contribution in [-0.4, -0.2) is 60.5 Å². The number of carbonyl (C=O) groups excluding carboxylic acids is 3. The molecular formula is C26H25N3O4S. The number of amides is 3. The number of piperazine rings is 1. The molecule has 0 atom stereocenters. The number of hydrogen-bond donors (Lipinski definition) is 1. The average Bonchev–Trinajstić information content (AvgIpc) is 3.36. The minimum Gasteiger partial charge on any atom is -0.452 e. The molecule has 3 aromatic rings. The van der Waals surface area contributed by atoms with Crippen molar-refractivity contribution >= 4 is 41.0 Å². The van der Waals surface area contributed by atoms with Crippen molar-refractivity contribution in [3.8, 4) is 10.4 Å². The lowest BCUT2D eigenvalue weighted by Gasteiger charge is -2.34. The van der Waals surface area contributed by atoms with Gasteiger partial charge in [-0.25, -0.2) is 9.59 Å². The summed E-state index contributed by atoms with van der Waals surface area (Å²) in [5, 5.41) is 2.84. The molecule has 7 nitrogen and oxygen atoms in total. The first-order valence-corrected chi connectivity index (χ1v) is 11.8. The molecule has 0 aliphatic carbocycles. The van der Waals surface area contributed by atoms with E-state index in [-0.39, 0.29) is 18.5 Å². The normalized spacial score (nSPS) is 13.6. The van der Waals surface area contributed by atoms with Crippen LogP contribution in [0.2, 0.25) is 0 Å². The van der Waals surface area contributed by atoms with E-state index < -0.39 is 5.97 Å². The van der Waals surface area contributed by atoms with Gasteiger partial charge in [0, 0.05) is 47.7 Å².